The fraction of sp³-hybridized carbons (Fsp3) is 0.667. The Hall–Kier alpha value is -0.560. The summed E-state index contributed by atoms with van der Waals surface area (Å²) in [4.78, 5) is 0. The zero-order valence-corrected chi connectivity index (χ0v) is 9.51. The van der Waals surface area contributed by atoms with Crippen LogP contribution in [-0.4, -0.2) is 10.7 Å². The van der Waals surface area contributed by atoms with Crippen molar-refractivity contribution < 1.29 is 5.11 Å². The average molecular weight is 184 g/mol. The van der Waals surface area contributed by atoms with Gasteiger partial charge in [-0.2, -0.15) is 0 Å². The molecule has 1 aliphatic rings. The van der Waals surface area contributed by atoms with Crippen LogP contribution in [0, 0.1) is 0 Å². The van der Waals surface area contributed by atoms with Gasteiger partial charge in [0.15, 0.2) is 0 Å². The number of rotatable bonds is 0. The maximum Gasteiger partial charge on any atom is 0.0799 e. The van der Waals surface area contributed by atoms with E-state index in [1.807, 2.05) is 39.8 Å². The Labute approximate surface area is 83.2 Å². The molecule has 13 heavy (non-hydrogen) atoms. The van der Waals surface area contributed by atoms with Crippen molar-refractivity contribution in [2.75, 3.05) is 0 Å². The highest BCUT2D eigenvalue weighted by molar-refractivity contribution is 5.01. The third kappa shape index (κ3) is 11.4. The Morgan fingerprint density at radius 1 is 1.46 bits per heavy atom. The Morgan fingerprint density at radius 3 is 2.08 bits per heavy atom. The monoisotopic (exact) mass is 184 g/mol. The lowest BCUT2D eigenvalue weighted by molar-refractivity contribution is 0.0948. The summed E-state index contributed by atoms with van der Waals surface area (Å²) in [7, 11) is 0. The van der Waals surface area contributed by atoms with E-state index in [1.165, 1.54) is 0 Å². The van der Waals surface area contributed by atoms with Crippen LogP contribution in [0.3, 0.4) is 0 Å². The molecule has 0 aromatic rings. The predicted octanol–water partition coefficient (Wildman–Crippen LogP) is 3.70. The van der Waals surface area contributed by atoms with Gasteiger partial charge in [0, 0.05) is 0 Å². The van der Waals surface area contributed by atoms with Crippen LogP contribution in [0.2, 0.25) is 0 Å². The smallest absolute Gasteiger partial charge is 0.0799 e. The van der Waals surface area contributed by atoms with Crippen molar-refractivity contribution in [2.24, 2.45) is 0 Å². The van der Waals surface area contributed by atoms with E-state index < -0.39 is 5.60 Å². The van der Waals surface area contributed by atoms with Gasteiger partial charge in [-0.05, 0) is 33.1 Å². The second-order valence-corrected chi connectivity index (χ2v) is 3.06. The van der Waals surface area contributed by atoms with Gasteiger partial charge in [0.2, 0.25) is 0 Å². The molecule has 0 spiro atoms. The average Bonchev–Trinajstić information content (AvgIpc) is 2.09. The van der Waals surface area contributed by atoms with Crippen molar-refractivity contribution in [1.29, 1.82) is 0 Å². The van der Waals surface area contributed by atoms with E-state index in [0.717, 1.165) is 19.3 Å². The molecule has 1 unspecified atom stereocenters. The summed E-state index contributed by atoms with van der Waals surface area (Å²) in [5.41, 5.74) is -0.502. The van der Waals surface area contributed by atoms with Crippen LogP contribution in [0.25, 0.3) is 0 Å². The van der Waals surface area contributed by atoms with Gasteiger partial charge in [-0.3, -0.25) is 0 Å². The van der Waals surface area contributed by atoms with E-state index in [9.17, 15) is 5.11 Å². The number of allylic oxidation sites excluding steroid dienone is 2. The lowest BCUT2D eigenvalue weighted by Gasteiger charge is -2.21. The second kappa shape index (κ2) is 9.53. The highest BCUT2D eigenvalue weighted by atomic mass is 16.3. The van der Waals surface area contributed by atoms with E-state index >= 15 is 0 Å². The topological polar surface area (TPSA) is 20.2 Å². The summed E-state index contributed by atoms with van der Waals surface area (Å²) in [6.45, 7) is 11.1. The van der Waals surface area contributed by atoms with E-state index in [-0.39, 0.29) is 0 Å². The molecule has 0 aliphatic heterocycles. The van der Waals surface area contributed by atoms with E-state index in [2.05, 4.69) is 6.58 Å². The predicted molar refractivity (Wildman–Crippen MR) is 60.8 cm³/mol. The van der Waals surface area contributed by atoms with Crippen molar-refractivity contribution in [2.45, 2.75) is 52.6 Å². The van der Waals surface area contributed by atoms with Gasteiger partial charge in [0.05, 0.1) is 5.60 Å². The molecule has 0 aromatic heterocycles. The summed E-state index contributed by atoms with van der Waals surface area (Å²) in [6, 6.07) is 0. The third-order valence-corrected chi connectivity index (χ3v) is 1.53. The first kappa shape index (κ1) is 14.9. The van der Waals surface area contributed by atoms with Gasteiger partial charge in [-0.25, -0.2) is 0 Å². The zero-order valence-electron chi connectivity index (χ0n) is 9.51. The van der Waals surface area contributed by atoms with Crippen molar-refractivity contribution in [3.8, 4) is 0 Å². The fourth-order valence-corrected chi connectivity index (χ4v) is 0.998. The summed E-state index contributed by atoms with van der Waals surface area (Å²) in [5.74, 6) is 0. The minimum atomic E-state index is -0.502. The molecule has 1 rings (SSSR count). The Morgan fingerprint density at radius 2 is 1.92 bits per heavy atom. The van der Waals surface area contributed by atoms with Gasteiger partial charge in [-0.1, -0.05) is 32.1 Å². The molecule has 0 bridgehead atoms. The Bertz CT molecular complexity index is 134. The first-order chi connectivity index (χ1) is 6.12. The van der Waals surface area contributed by atoms with Crippen molar-refractivity contribution in [3.63, 3.8) is 0 Å². The van der Waals surface area contributed by atoms with E-state index in [1.54, 1.807) is 6.08 Å². The van der Waals surface area contributed by atoms with Crippen LogP contribution in [0.4, 0.5) is 0 Å². The molecule has 1 heteroatoms. The molecular formula is C12H24O. The molecule has 0 saturated carbocycles. The first-order valence-electron chi connectivity index (χ1n) is 5.09. The molecule has 1 atom stereocenters. The second-order valence-electron chi connectivity index (χ2n) is 3.06. The van der Waals surface area contributed by atoms with Crippen LogP contribution in [0.5, 0.6) is 0 Å². The molecule has 1 nitrogen and oxygen atoms in total. The lowest BCUT2D eigenvalue weighted by Crippen LogP contribution is -2.22. The summed E-state index contributed by atoms with van der Waals surface area (Å²) < 4.78 is 0. The van der Waals surface area contributed by atoms with Crippen LogP contribution >= 0.6 is 0 Å². The third-order valence-electron chi connectivity index (χ3n) is 1.53. The molecule has 0 saturated heterocycles. The van der Waals surface area contributed by atoms with Crippen molar-refractivity contribution in [3.05, 3.63) is 24.8 Å². The SMILES string of the molecule is C=CC.CC.CC1(O)C=CCCC1. The molecule has 78 valence electrons. The molecule has 0 heterocycles. The van der Waals surface area contributed by atoms with Gasteiger partial charge >= 0.3 is 0 Å². The van der Waals surface area contributed by atoms with E-state index in [0.29, 0.717) is 0 Å². The summed E-state index contributed by atoms with van der Waals surface area (Å²) >= 11 is 0. The van der Waals surface area contributed by atoms with Crippen LogP contribution < -0.4 is 0 Å². The minimum absolute atomic E-state index is 0.502. The number of aliphatic hydroxyl groups is 1. The first-order valence-corrected chi connectivity index (χ1v) is 5.09. The highest BCUT2D eigenvalue weighted by Crippen LogP contribution is 2.20. The number of hydrogen-bond acceptors (Lipinski definition) is 1. The fourth-order valence-electron chi connectivity index (χ4n) is 0.998. The highest BCUT2D eigenvalue weighted by Gasteiger charge is 2.17. The summed E-state index contributed by atoms with van der Waals surface area (Å²) in [5, 5.41) is 9.29. The maximum atomic E-state index is 9.29. The molecule has 1 aliphatic carbocycles. The quantitative estimate of drug-likeness (QED) is 0.569. The standard InChI is InChI=1S/C7H12O.C3H6.C2H6/c1-7(8)5-3-2-4-6-7;1-3-2;1-2/h3,5,8H,2,4,6H2,1H3;3H,1H2,2H3;1-2H3. The molecule has 0 radical (unpaired) electrons. The molecule has 0 fully saturated rings. The molecular weight excluding hydrogens is 160 g/mol. The molecule has 1 N–H and O–H groups in total. The largest absolute Gasteiger partial charge is 0.386 e. The number of hydrogen-bond donors (Lipinski definition) is 1. The van der Waals surface area contributed by atoms with Gasteiger partial charge in [-0.15, -0.1) is 6.58 Å². The Balaban J connectivity index is 0. The van der Waals surface area contributed by atoms with Gasteiger partial charge in [0.25, 0.3) is 0 Å². The minimum Gasteiger partial charge on any atom is -0.386 e. The molecule has 0 aromatic carbocycles. The molecule has 0 amide bonds. The maximum absolute atomic E-state index is 9.29. The van der Waals surface area contributed by atoms with Crippen molar-refractivity contribution >= 4 is 0 Å². The normalized spacial score (nSPS) is 24.7. The van der Waals surface area contributed by atoms with Crippen LogP contribution in [-0.2, 0) is 0 Å². The Kier molecular flexibility index (Phi) is 10.9. The zero-order chi connectivity index (χ0) is 10.7. The van der Waals surface area contributed by atoms with E-state index in [4.69, 9.17) is 0 Å². The summed E-state index contributed by atoms with van der Waals surface area (Å²) in [6.07, 6.45) is 8.86. The van der Waals surface area contributed by atoms with Crippen LogP contribution in [0.1, 0.15) is 47.0 Å². The van der Waals surface area contributed by atoms with Crippen LogP contribution in [0.15, 0.2) is 24.8 Å². The van der Waals surface area contributed by atoms with Gasteiger partial charge < -0.3 is 5.11 Å². The van der Waals surface area contributed by atoms with Crippen molar-refractivity contribution in [1.82, 2.24) is 0 Å². The van der Waals surface area contributed by atoms with Gasteiger partial charge in [0.1, 0.15) is 0 Å². The lowest BCUT2D eigenvalue weighted by atomic mass is 9.93.